The summed E-state index contributed by atoms with van der Waals surface area (Å²) in [6.07, 6.45) is 4.19. The van der Waals surface area contributed by atoms with Crippen LogP contribution < -0.4 is 4.72 Å². The number of nitrogens with one attached hydrogen (secondary N) is 1. The molecule has 5 heteroatoms. The quantitative estimate of drug-likeness (QED) is 0.417. The molecule has 1 aliphatic rings. The summed E-state index contributed by atoms with van der Waals surface area (Å²) in [7, 11) is -3.70. The average molecular weight is 420 g/mol. The Morgan fingerprint density at radius 2 is 1.60 bits per heavy atom. The van der Waals surface area contributed by atoms with E-state index >= 15 is 0 Å². The third-order valence-electron chi connectivity index (χ3n) is 6.06. The molecule has 1 aliphatic carbocycles. The monoisotopic (exact) mass is 419 g/mol. The highest BCUT2D eigenvalue weighted by Crippen LogP contribution is 2.39. The van der Waals surface area contributed by atoms with E-state index < -0.39 is 10.0 Å². The smallest absolute Gasteiger partial charge is 0.261 e. The number of hydrogen-bond donors (Lipinski definition) is 1. The van der Waals surface area contributed by atoms with Gasteiger partial charge in [0, 0.05) is 28.1 Å². The molecule has 0 radical (unpaired) electrons. The van der Waals surface area contributed by atoms with Crippen LogP contribution in [0.25, 0.3) is 21.7 Å². The minimum absolute atomic E-state index is 0.269. The fourth-order valence-electron chi connectivity index (χ4n) is 4.40. The summed E-state index contributed by atoms with van der Waals surface area (Å²) in [6, 6.07) is 16.9. The van der Waals surface area contributed by atoms with Crippen LogP contribution in [-0.2, 0) is 22.9 Å². The molecule has 0 saturated carbocycles. The van der Waals surface area contributed by atoms with Gasteiger partial charge in [0.25, 0.3) is 10.0 Å². The predicted molar refractivity (Wildman–Crippen MR) is 122 cm³/mol. The van der Waals surface area contributed by atoms with Crippen LogP contribution in [0.2, 0.25) is 0 Å². The number of hydrogen-bond acceptors (Lipinski definition) is 3. The Hall–Kier alpha value is -2.79. The van der Waals surface area contributed by atoms with E-state index in [-0.39, 0.29) is 4.90 Å². The van der Waals surface area contributed by atoms with Crippen molar-refractivity contribution in [1.82, 2.24) is 0 Å². The highest BCUT2D eigenvalue weighted by atomic mass is 32.2. The molecular weight excluding hydrogens is 394 g/mol. The Kier molecular flexibility index (Phi) is 4.58. The molecule has 1 aromatic heterocycles. The van der Waals surface area contributed by atoms with Crippen LogP contribution >= 0.6 is 0 Å². The van der Waals surface area contributed by atoms with Crippen molar-refractivity contribution >= 4 is 37.5 Å². The fourth-order valence-corrected chi connectivity index (χ4v) is 5.47. The number of anilines is 1. The Morgan fingerprint density at radius 1 is 0.900 bits per heavy atom. The van der Waals surface area contributed by atoms with E-state index in [1.807, 2.05) is 42.5 Å². The van der Waals surface area contributed by atoms with E-state index in [4.69, 9.17) is 4.42 Å². The Balaban J connectivity index is 1.64. The van der Waals surface area contributed by atoms with E-state index in [0.717, 1.165) is 58.7 Å². The summed E-state index contributed by atoms with van der Waals surface area (Å²) in [6.45, 7) is 4.18. The maximum Gasteiger partial charge on any atom is 0.261 e. The first kappa shape index (κ1) is 19.2. The fraction of sp³-hybridized carbons (Fsp3) is 0.280. The standard InChI is InChI=1S/C25H25NO3S/c1-16(2)17-11-13-18(14-12-17)30(27,28)26-23-15-22-20-8-5-6-10-24(20)29-25(22)21-9-4-3-7-19(21)23/h3-4,7,9,11-16,26H,5-6,8,10H2,1-2H3. The molecule has 0 aliphatic heterocycles. The second kappa shape index (κ2) is 7.17. The molecule has 3 aromatic carbocycles. The number of fused-ring (bicyclic) bond motifs is 5. The van der Waals surface area contributed by atoms with Crippen molar-refractivity contribution in [2.75, 3.05) is 4.72 Å². The first-order valence-electron chi connectivity index (χ1n) is 10.5. The van der Waals surface area contributed by atoms with Gasteiger partial charge >= 0.3 is 0 Å². The third kappa shape index (κ3) is 3.18. The van der Waals surface area contributed by atoms with Crippen molar-refractivity contribution in [1.29, 1.82) is 0 Å². The molecular formula is C25H25NO3S. The average Bonchev–Trinajstić information content (AvgIpc) is 3.13. The van der Waals surface area contributed by atoms with Gasteiger partial charge in [-0.05, 0) is 48.9 Å². The summed E-state index contributed by atoms with van der Waals surface area (Å²) in [4.78, 5) is 0.269. The molecule has 154 valence electrons. The molecule has 0 saturated heterocycles. The minimum atomic E-state index is -3.70. The molecule has 4 nitrogen and oxygen atoms in total. The number of furan rings is 1. The maximum atomic E-state index is 13.2. The zero-order chi connectivity index (χ0) is 20.9. The van der Waals surface area contributed by atoms with E-state index in [0.29, 0.717) is 11.6 Å². The number of rotatable bonds is 4. The lowest BCUT2D eigenvalue weighted by Gasteiger charge is -2.13. The SMILES string of the molecule is CC(C)c1ccc(S(=O)(=O)Nc2cc3c4c(oc3c3ccccc23)CCCC4)cc1. The molecule has 5 rings (SSSR count). The van der Waals surface area contributed by atoms with Gasteiger partial charge in [0.1, 0.15) is 11.3 Å². The van der Waals surface area contributed by atoms with Crippen molar-refractivity contribution in [3.63, 3.8) is 0 Å². The van der Waals surface area contributed by atoms with Crippen molar-refractivity contribution in [3.05, 3.63) is 71.5 Å². The lowest BCUT2D eigenvalue weighted by atomic mass is 9.94. The minimum Gasteiger partial charge on any atom is -0.460 e. The topological polar surface area (TPSA) is 59.3 Å². The number of aryl methyl sites for hydroxylation is 2. The highest BCUT2D eigenvalue weighted by molar-refractivity contribution is 7.92. The van der Waals surface area contributed by atoms with Gasteiger partial charge in [0.05, 0.1) is 10.6 Å². The number of benzene rings is 3. The van der Waals surface area contributed by atoms with Gasteiger partial charge in [-0.3, -0.25) is 4.72 Å². The molecule has 1 heterocycles. The van der Waals surface area contributed by atoms with Gasteiger partial charge in [-0.25, -0.2) is 8.42 Å². The van der Waals surface area contributed by atoms with Gasteiger partial charge in [-0.15, -0.1) is 0 Å². The van der Waals surface area contributed by atoms with Crippen molar-refractivity contribution in [2.24, 2.45) is 0 Å². The first-order chi connectivity index (χ1) is 14.4. The van der Waals surface area contributed by atoms with Crippen LogP contribution in [0.4, 0.5) is 5.69 Å². The Morgan fingerprint density at radius 3 is 2.33 bits per heavy atom. The molecule has 4 aromatic rings. The lowest BCUT2D eigenvalue weighted by Crippen LogP contribution is -2.13. The van der Waals surface area contributed by atoms with Gasteiger partial charge < -0.3 is 4.42 Å². The molecule has 0 atom stereocenters. The molecule has 0 unspecified atom stereocenters. The molecule has 1 N–H and O–H groups in total. The van der Waals surface area contributed by atoms with Gasteiger partial charge in [-0.1, -0.05) is 50.2 Å². The van der Waals surface area contributed by atoms with Gasteiger partial charge in [-0.2, -0.15) is 0 Å². The predicted octanol–water partition coefficient (Wildman–Crippen LogP) is 6.39. The Bertz CT molecular complexity index is 1350. The van der Waals surface area contributed by atoms with Crippen molar-refractivity contribution in [2.45, 2.75) is 50.3 Å². The highest BCUT2D eigenvalue weighted by Gasteiger charge is 2.22. The van der Waals surface area contributed by atoms with E-state index in [9.17, 15) is 8.42 Å². The molecule has 30 heavy (non-hydrogen) atoms. The van der Waals surface area contributed by atoms with E-state index in [2.05, 4.69) is 18.6 Å². The van der Waals surface area contributed by atoms with Gasteiger partial charge in [0.2, 0.25) is 0 Å². The summed E-state index contributed by atoms with van der Waals surface area (Å²) in [5.41, 5.74) is 3.80. The number of sulfonamides is 1. The van der Waals surface area contributed by atoms with Gasteiger partial charge in [0.15, 0.2) is 0 Å². The van der Waals surface area contributed by atoms with Crippen molar-refractivity contribution in [3.8, 4) is 0 Å². The summed E-state index contributed by atoms with van der Waals surface area (Å²) >= 11 is 0. The molecule has 0 fully saturated rings. The molecule has 0 bridgehead atoms. The first-order valence-corrected chi connectivity index (χ1v) is 12.0. The zero-order valence-electron chi connectivity index (χ0n) is 17.2. The molecule has 0 amide bonds. The largest absolute Gasteiger partial charge is 0.460 e. The third-order valence-corrected chi connectivity index (χ3v) is 7.45. The Labute approximate surface area is 177 Å². The van der Waals surface area contributed by atoms with E-state index in [1.54, 1.807) is 12.1 Å². The lowest BCUT2D eigenvalue weighted by molar-refractivity contribution is 0.507. The normalized spacial score (nSPS) is 14.4. The van der Waals surface area contributed by atoms with E-state index in [1.165, 1.54) is 5.56 Å². The molecule has 0 spiro atoms. The second-order valence-corrected chi connectivity index (χ2v) is 10.1. The maximum absolute atomic E-state index is 13.2. The summed E-state index contributed by atoms with van der Waals surface area (Å²) in [5, 5.41) is 2.81. The second-order valence-electron chi connectivity index (χ2n) is 8.39. The van der Waals surface area contributed by atoms with Crippen LogP contribution in [0.15, 0.2) is 63.9 Å². The van der Waals surface area contributed by atoms with Crippen LogP contribution in [0, 0.1) is 0 Å². The summed E-state index contributed by atoms with van der Waals surface area (Å²) in [5.74, 6) is 1.40. The van der Waals surface area contributed by atoms with Crippen molar-refractivity contribution < 1.29 is 12.8 Å². The van der Waals surface area contributed by atoms with Crippen LogP contribution in [0.1, 0.15) is 49.5 Å². The van der Waals surface area contributed by atoms with Crippen LogP contribution in [-0.4, -0.2) is 8.42 Å². The zero-order valence-corrected chi connectivity index (χ0v) is 18.1. The summed E-state index contributed by atoms with van der Waals surface area (Å²) < 4.78 is 35.4. The van der Waals surface area contributed by atoms with Crippen LogP contribution in [0.3, 0.4) is 0 Å². The van der Waals surface area contributed by atoms with Crippen LogP contribution in [0.5, 0.6) is 0 Å².